The third-order valence-corrected chi connectivity index (χ3v) is 3.98. The van der Waals surface area contributed by atoms with Crippen molar-refractivity contribution in [1.82, 2.24) is 0 Å². The fourth-order valence-electron chi connectivity index (χ4n) is 2.55. The molecule has 2 aromatic rings. The Balaban J connectivity index is 1.86. The van der Waals surface area contributed by atoms with E-state index in [9.17, 15) is 27.9 Å². The van der Waals surface area contributed by atoms with Gasteiger partial charge in [-0.1, -0.05) is 24.3 Å². The number of nitrogens with one attached hydrogen (secondary N) is 1. The van der Waals surface area contributed by atoms with E-state index in [4.69, 9.17) is 9.47 Å². The van der Waals surface area contributed by atoms with Crippen LogP contribution in [0.4, 0.5) is 23.7 Å². The lowest BCUT2D eigenvalue weighted by Crippen LogP contribution is -2.29. The van der Waals surface area contributed by atoms with E-state index in [2.05, 4.69) is 5.32 Å². The molecule has 0 saturated heterocycles. The Hall–Kier alpha value is -3.07. The molecule has 0 bridgehead atoms. The quantitative estimate of drug-likeness (QED) is 0.630. The van der Waals surface area contributed by atoms with Gasteiger partial charge in [-0.25, -0.2) is 9.59 Å². The number of anilines is 1. The summed E-state index contributed by atoms with van der Waals surface area (Å²) in [6, 6.07) is 10.8. The first-order valence-corrected chi connectivity index (χ1v) is 9.11. The van der Waals surface area contributed by atoms with Gasteiger partial charge in [-0.2, -0.15) is 13.2 Å². The van der Waals surface area contributed by atoms with Crippen LogP contribution < -0.4 is 5.32 Å². The Kier molecular flexibility index (Phi) is 7.82. The van der Waals surface area contributed by atoms with E-state index in [1.165, 1.54) is 12.1 Å². The molecule has 9 heteroatoms. The fraction of sp³-hybridized carbons (Fsp3) is 0.333. The monoisotopic (exact) mass is 425 g/mol. The van der Waals surface area contributed by atoms with Gasteiger partial charge in [-0.3, -0.25) is 5.32 Å². The number of carboxylic acids is 1. The molecule has 0 aliphatic heterocycles. The van der Waals surface area contributed by atoms with E-state index < -0.39 is 29.9 Å². The number of ether oxygens (including phenoxy) is 2. The predicted molar refractivity (Wildman–Crippen MR) is 103 cm³/mol. The van der Waals surface area contributed by atoms with Crippen LogP contribution in [0.5, 0.6) is 0 Å². The zero-order valence-electron chi connectivity index (χ0n) is 16.4. The second kappa shape index (κ2) is 10.1. The molecule has 0 aliphatic carbocycles. The van der Waals surface area contributed by atoms with Gasteiger partial charge in [0.1, 0.15) is 6.61 Å². The Morgan fingerprint density at radius 3 is 2.07 bits per heavy atom. The molecule has 1 unspecified atom stereocenters. The van der Waals surface area contributed by atoms with Crippen molar-refractivity contribution in [3.05, 3.63) is 65.2 Å². The molecule has 30 heavy (non-hydrogen) atoms. The molecule has 0 heterocycles. The molecule has 2 N–H and O–H groups in total. The Morgan fingerprint density at radius 1 is 1.00 bits per heavy atom. The fourth-order valence-corrected chi connectivity index (χ4v) is 2.55. The van der Waals surface area contributed by atoms with E-state index in [1.807, 2.05) is 0 Å². The van der Waals surface area contributed by atoms with Crippen molar-refractivity contribution in [2.75, 3.05) is 5.32 Å². The van der Waals surface area contributed by atoms with Crippen LogP contribution in [0.1, 0.15) is 30.5 Å². The maximum Gasteiger partial charge on any atom is 0.416 e. The normalized spacial score (nSPS) is 12.5. The standard InChI is InChI=1S/C21H22F3NO5/c1-13(2)30-18(19(26)27)11-14-5-9-17(10-6-14)25-20(28)29-12-15-3-7-16(8-4-15)21(22,23)24/h3-10,13,18H,11-12H2,1-2H3,(H,25,28)(H,26,27). The summed E-state index contributed by atoms with van der Waals surface area (Å²) < 4.78 is 48.0. The number of benzene rings is 2. The molecule has 2 aromatic carbocycles. The summed E-state index contributed by atoms with van der Waals surface area (Å²) in [6.45, 7) is 3.31. The van der Waals surface area contributed by atoms with Crippen molar-refractivity contribution in [3.8, 4) is 0 Å². The lowest BCUT2D eigenvalue weighted by molar-refractivity contribution is -0.153. The van der Waals surface area contributed by atoms with Gasteiger partial charge in [0.2, 0.25) is 0 Å². The van der Waals surface area contributed by atoms with Crippen LogP contribution in [-0.4, -0.2) is 29.4 Å². The van der Waals surface area contributed by atoms with E-state index in [-0.39, 0.29) is 19.1 Å². The van der Waals surface area contributed by atoms with Crippen LogP contribution in [-0.2, 0) is 33.5 Å². The van der Waals surface area contributed by atoms with Gasteiger partial charge >= 0.3 is 18.2 Å². The van der Waals surface area contributed by atoms with Gasteiger partial charge in [-0.05, 0) is 49.2 Å². The minimum Gasteiger partial charge on any atom is -0.479 e. The largest absolute Gasteiger partial charge is 0.479 e. The number of carbonyl (C=O) groups is 2. The highest BCUT2D eigenvalue weighted by Gasteiger charge is 2.29. The van der Waals surface area contributed by atoms with Crippen molar-refractivity contribution in [2.45, 2.75) is 45.3 Å². The molecule has 0 radical (unpaired) electrons. The van der Waals surface area contributed by atoms with Crippen LogP contribution in [0.2, 0.25) is 0 Å². The van der Waals surface area contributed by atoms with Gasteiger partial charge in [0.15, 0.2) is 6.10 Å². The zero-order chi connectivity index (χ0) is 22.3. The SMILES string of the molecule is CC(C)OC(Cc1ccc(NC(=O)OCc2ccc(C(F)(F)F)cc2)cc1)C(=O)O. The molecule has 162 valence electrons. The van der Waals surface area contributed by atoms with Gasteiger partial charge in [0, 0.05) is 12.1 Å². The first-order chi connectivity index (χ1) is 14.0. The van der Waals surface area contributed by atoms with E-state index >= 15 is 0 Å². The number of carbonyl (C=O) groups excluding carboxylic acids is 1. The first kappa shape index (κ1) is 23.2. The number of alkyl halides is 3. The Bertz CT molecular complexity index is 848. The number of hydrogen-bond acceptors (Lipinski definition) is 4. The summed E-state index contributed by atoms with van der Waals surface area (Å²) >= 11 is 0. The number of halogens is 3. The average Bonchev–Trinajstić information content (AvgIpc) is 2.66. The Morgan fingerprint density at radius 2 is 1.57 bits per heavy atom. The van der Waals surface area contributed by atoms with Crippen molar-refractivity contribution >= 4 is 17.7 Å². The van der Waals surface area contributed by atoms with Crippen molar-refractivity contribution in [3.63, 3.8) is 0 Å². The molecule has 6 nitrogen and oxygen atoms in total. The molecular weight excluding hydrogens is 403 g/mol. The zero-order valence-corrected chi connectivity index (χ0v) is 16.4. The van der Waals surface area contributed by atoms with E-state index in [0.29, 0.717) is 16.8 Å². The minimum absolute atomic E-state index is 0.173. The highest BCUT2D eigenvalue weighted by Crippen LogP contribution is 2.29. The van der Waals surface area contributed by atoms with E-state index in [0.717, 1.165) is 12.1 Å². The second-order valence-corrected chi connectivity index (χ2v) is 6.81. The van der Waals surface area contributed by atoms with Crippen LogP contribution in [0, 0.1) is 0 Å². The van der Waals surface area contributed by atoms with Gasteiger partial charge < -0.3 is 14.6 Å². The Labute approximate surface area is 171 Å². The van der Waals surface area contributed by atoms with Gasteiger partial charge in [0.05, 0.1) is 11.7 Å². The summed E-state index contributed by atoms with van der Waals surface area (Å²) in [5.74, 6) is -1.06. The molecular formula is C21H22F3NO5. The van der Waals surface area contributed by atoms with Crippen molar-refractivity contribution in [1.29, 1.82) is 0 Å². The second-order valence-electron chi connectivity index (χ2n) is 6.81. The molecule has 0 aromatic heterocycles. The van der Waals surface area contributed by atoms with Crippen LogP contribution in [0.15, 0.2) is 48.5 Å². The lowest BCUT2D eigenvalue weighted by Gasteiger charge is -2.16. The summed E-state index contributed by atoms with van der Waals surface area (Å²) in [5.41, 5.74) is 0.776. The topological polar surface area (TPSA) is 84.9 Å². The molecule has 2 rings (SSSR count). The average molecular weight is 425 g/mol. The van der Waals surface area contributed by atoms with Crippen LogP contribution >= 0.6 is 0 Å². The molecule has 1 amide bonds. The third kappa shape index (κ3) is 7.40. The van der Waals surface area contributed by atoms with Crippen molar-refractivity contribution in [2.24, 2.45) is 0 Å². The maximum atomic E-state index is 12.5. The molecule has 0 saturated carbocycles. The number of rotatable bonds is 8. The molecule has 0 spiro atoms. The lowest BCUT2D eigenvalue weighted by atomic mass is 10.1. The van der Waals surface area contributed by atoms with E-state index in [1.54, 1.807) is 38.1 Å². The van der Waals surface area contributed by atoms with Crippen LogP contribution in [0.25, 0.3) is 0 Å². The number of hydrogen-bond donors (Lipinski definition) is 2. The molecule has 0 fully saturated rings. The number of aliphatic carboxylic acids is 1. The summed E-state index contributed by atoms with van der Waals surface area (Å²) in [4.78, 5) is 23.1. The highest BCUT2D eigenvalue weighted by molar-refractivity contribution is 5.84. The minimum atomic E-state index is -4.42. The summed E-state index contributed by atoms with van der Waals surface area (Å²) in [7, 11) is 0. The van der Waals surface area contributed by atoms with Gasteiger partial charge in [0.25, 0.3) is 0 Å². The highest BCUT2D eigenvalue weighted by atomic mass is 19.4. The van der Waals surface area contributed by atoms with Crippen LogP contribution in [0.3, 0.4) is 0 Å². The smallest absolute Gasteiger partial charge is 0.416 e. The first-order valence-electron chi connectivity index (χ1n) is 9.11. The number of amides is 1. The predicted octanol–water partition coefficient (Wildman–Crippen LogP) is 4.87. The molecule has 0 aliphatic rings. The van der Waals surface area contributed by atoms with Gasteiger partial charge in [-0.15, -0.1) is 0 Å². The number of carboxylic acid groups (broad SMARTS) is 1. The summed E-state index contributed by atoms with van der Waals surface area (Å²) in [6.07, 6.45) is -6.22. The third-order valence-electron chi connectivity index (χ3n) is 3.98. The van der Waals surface area contributed by atoms with Crippen molar-refractivity contribution < 1.29 is 37.3 Å². The molecule has 1 atom stereocenters. The summed E-state index contributed by atoms with van der Waals surface area (Å²) in [5, 5.41) is 11.7. The maximum absolute atomic E-state index is 12.5.